The molecule has 1 fully saturated rings. The fourth-order valence-electron chi connectivity index (χ4n) is 2.14. The summed E-state index contributed by atoms with van der Waals surface area (Å²) in [7, 11) is 0. The van der Waals surface area contributed by atoms with Gasteiger partial charge in [-0.25, -0.2) is 4.68 Å². The second kappa shape index (κ2) is 4.34. The molecule has 1 aromatic rings. The maximum atomic E-state index is 5.94. The van der Waals surface area contributed by atoms with Gasteiger partial charge in [-0.3, -0.25) is 0 Å². The summed E-state index contributed by atoms with van der Waals surface area (Å²) in [6.45, 7) is 0. The van der Waals surface area contributed by atoms with Crippen molar-refractivity contribution in [3.63, 3.8) is 0 Å². The van der Waals surface area contributed by atoms with E-state index in [-0.39, 0.29) is 0 Å². The van der Waals surface area contributed by atoms with E-state index >= 15 is 0 Å². The molecule has 1 heterocycles. The number of hydrogen-bond acceptors (Lipinski definition) is 2. The molecule has 0 unspecified atom stereocenters. The Morgan fingerprint density at radius 2 is 1.93 bits per heavy atom. The molecule has 14 heavy (non-hydrogen) atoms. The molecule has 0 aliphatic heterocycles. The molecule has 78 valence electrons. The summed E-state index contributed by atoms with van der Waals surface area (Å²) in [6.07, 6.45) is 9.57. The Bertz CT molecular complexity index is 300. The van der Waals surface area contributed by atoms with Crippen molar-refractivity contribution in [1.29, 1.82) is 0 Å². The Balaban J connectivity index is 2.16. The van der Waals surface area contributed by atoms with Gasteiger partial charge in [0, 0.05) is 0 Å². The summed E-state index contributed by atoms with van der Waals surface area (Å²) < 4.78 is 2.90. The van der Waals surface area contributed by atoms with Gasteiger partial charge in [0.15, 0.2) is 0 Å². The van der Waals surface area contributed by atoms with E-state index in [0.717, 1.165) is 10.3 Å². The summed E-state index contributed by atoms with van der Waals surface area (Å²) in [5, 5.41) is 4.33. The van der Waals surface area contributed by atoms with Crippen molar-refractivity contribution in [2.75, 3.05) is 5.73 Å². The lowest BCUT2D eigenvalue weighted by Crippen LogP contribution is -2.12. The predicted octanol–water partition coefficient (Wildman–Crippen LogP) is 3.12. The summed E-state index contributed by atoms with van der Waals surface area (Å²) >= 11 is 3.39. The second-order valence-corrected chi connectivity index (χ2v) is 4.82. The average Bonchev–Trinajstić information content (AvgIpc) is 2.47. The van der Waals surface area contributed by atoms with E-state index in [9.17, 15) is 0 Å². The Kier molecular flexibility index (Phi) is 3.11. The van der Waals surface area contributed by atoms with Crippen LogP contribution in [0.5, 0.6) is 0 Å². The van der Waals surface area contributed by atoms with Crippen LogP contribution in [0, 0.1) is 0 Å². The molecule has 4 heteroatoms. The van der Waals surface area contributed by atoms with Crippen LogP contribution in [0.15, 0.2) is 10.7 Å². The quantitative estimate of drug-likeness (QED) is 0.786. The van der Waals surface area contributed by atoms with E-state index in [2.05, 4.69) is 21.0 Å². The van der Waals surface area contributed by atoms with E-state index in [0.29, 0.717) is 6.04 Å². The Morgan fingerprint density at radius 3 is 2.43 bits per heavy atom. The van der Waals surface area contributed by atoms with Gasteiger partial charge in [-0.2, -0.15) is 5.10 Å². The lowest BCUT2D eigenvalue weighted by atomic mass is 10.1. The van der Waals surface area contributed by atoms with E-state index in [1.165, 1.54) is 38.5 Å². The standard InChI is InChI=1S/C10H16BrN3/c11-9-7-13-14(10(9)12)8-5-3-1-2-4-6-8/h7-8H,1-6,12H2. The molecule has 1 saturated carbocycles. The fraction of sp³-hybridized carbons (Fsp3) is 0.700. The minimum Gasteiger partial charge on any atom is -0.383 e. The van der Waals surface area contributed by atoms with Crippen molar-refractivity contribution in [2.45, 2.75) is 44.6 Å². The van der Waals surface area contributed by atoms with Gasteiger partial charge in [-0.15, -0.1) is 0 Å². The zero-order valence-electron chi connectivity index (χ0n) is 8.25. The molecule has 2 rings (SSSR count). The third kappa shape index (κ3) is 1.95. The molecule has 1 aliphatic carbocycles. The molecule has 1 aromatic heterocycles. The van der Waals surface area contributed by atoms with Crippen molar-refractivity contribution in [3.05, 3.63) is 10.7 Å². The number of rotatable bonds is 1. The number of aromatic nitrogens is 2. The maximum Gasteiger partial charge on any atom is 0.136 e. The third-order valence-electron chi connectivity index (χ3n) is 2.96. The topological polar surface area (TPSA) is 43.8 Å². The Labute approximate surface area is 92.8 Å². The zero-order valence-corrected chi connectivity index (χ0v) is 9.83. The minimum atomic E-state index is 0.517. The molecule has 0 saturated heterocycles. The van der Waals surface area contributed by atoms with Crippen molar-refractivity contribution in [2.24, 2.45) is 0 Å². The van der Waals surface area contributed by atoms with E-state index < -0.39 is 0 Å². The highest BCUT2D eigenvalue weighted by molar-refractivity contribution is 9.10. The van der Waals surface area contributed by atoms with Crippen molar-refractivity contribution < 1.29 is 0 Å². The van der Waals surface area contributed by atoms with Gasteiger partial charge in [0.2, 0.25) is 0 Å². The monoisotopic (exact) mass is 257 g/mol. The van der Waals surface area contributed by atoms with Crippen LogP contribution in [0.4, 0.5) is 5.82 Å². The highest BCUT2D eigenvalue weighted by atomic mass is 79.9. The van der Waals surface area contributed by atoms with Crippen LogP contribution in [-0.2, 0) is 0 Å². The molecule has 2 N–H and O–H groups in total. The van der Waals surface area contributed by atoms with Gasteiger partial charge in [-0.1, -0.05) is 25.7 Å². The highest BCUT2D eigenvalue weighted by Crippen LogP contribution is 2.30. The number of nitrogen functional groups attached to an aromatic ring is 1. The normalized spacial score (nSPS) is 19.5. The largest absolute Gasteiger partial charge is 0.383 e. The Hall–Kier alpha value is -0.510. The summed E-state index contributed by atoms with van der Waals surface area (Å²) in [5.41, 5.74) is 5.94. The van der Waals surface area contributed by atoms with Crippen LogP contribution in [0.1, 0.15) is 44.6 Å². The first-order chi connectivity index (χ1) is 6.79. The van der Waals surface area contributed by atoms with E-state index in [1.54, 1.807) is 6.20 Å². The highest BCUT2D eigenvalue weighted by Gasteiger charge is 2.17. The van der Waals surface area contributed by atoms with Gasteiger partial charge in [-0.05, 0) is 28.8 Å². The SMILES string of the molecule is Nc1c(Br)cnn1C1CCCCCC1. The first-order valence-electron chi connectivity index (χ1n) is 5.27. The second-order valence-electron chi connectivity index (χ2n) is 3.97. The molecule has 1 aliphatic rings. The lowest BCUT2D eigenvalue weighted by Gasteiger charge is -2.16. The molecule has 0 radical (unpaired) electrons. The van der Waals surface area contributed by atoms with Crippen molar-refractivity contribution in [1.82, 2.24) is 9.78 Å². The summed E-state index contributed by atoms with van der Waals surface area (Å²) in [6, 6.07) is 0.517. The molecule has 0 bridgehead atoms. The summed E-state index contributed by atoms with van der Waals surface area (Å²) in [4.78, 5) is 0. The lowest BCUT2D eigenvalue weighted by molar-refractivity contribution is 0.411. The number of hydrogen-bond donors (Lipinski definition) is 1. The number of halogens is 1. The van der Waals surface area contributed by atoms with Crippen LogP contribution in [0.2, 0.25) is 0 Å². The zero-order chi connectivity index (χ0) is 9.97. The third-order valence-corrected chi connectivity index (χ3v) is 3.57. The number of anilines is 1. The van der Waals surface area contributed by atoms with Crippen LogP contribution >= 0.6 is 15.9 Å². The molecular formula is C10H16BrN3. The van der Waals surface area contributed by atoms with Gasteiger partial charge < -0.3 is 5.73 Å². The van der Waals surface area contributed by atoms with Gasteiger partial charge in [0.05, 0.1) is 16.7 Å². The molecular weight excluding hydrogens is 242 g/mol. The van der Waals surface area contributed by atoms with Gasteiger partial charge in [0.25, 0.3) is 0 Å². The maximum absolute atomic E-state index is 5.94. The van der Waals surface area contributed by atoms with Gasteiger partial charge >= 0.3 is 0 Å². The first-order valence-corrected chi connectivity index (χ1v) is 6.07. The van der Waals surface area contributed by atoms with Crippen molar-refractivity contribution >= 4 is 21.7 Å². The minimum absolute atomic E-state index is 0.517. The number of nitrogens with zero attached hydrogens (tertiary/aromatic N) is 2. The predicted molar refractivity (Wildman–Crippen MR) is 61.1 cm³/mol. The Morgan fingerprint density at radius 1 is 1.29 bits per heavy atom. The first kappa shape index (κ1) is 10.0. The number of nitrogens with two attached hydrogens (primary N) is 1. The van der Waals surface area contributed by atoms with Gasteiger partial charge in [0.1, 0.15) is 5.82 Å². The molecule has 0 atom stereocenters. The molecule has 0 amide bonds. The van der Waals surface area contributed by atoms with Crippen LogP contribution in [0.25, 0.3) is 0 Å². The summed E-state index contributed by atoms with van der Waals surface area (Å²) in [5.74, 6) is 0.775. The molecule has 3 nitrogen and oxygen atoms in total. The smallest absolute Gasteiger partial charge is 0.136 e. The molecule has 0 aromatic carbocycles. The fourth-order valence-corrected chi connectivity index (χ4v) is 2.42. The van der Waals surface area contributed by atoms with E-state index in [1.807, 2.05) is 4.68 Å². The van der Waals surface area contributed by atoms with Crippen LogP contribution in [-0.4, -0.2) is 9.78 Å². The van der Waals surface area contributed by atoms with E-state index in [4.69, 9.17) is 5.73 Å². The van der Waals surface area contributed by atoms with Crippen molar-refractivity contribution in [3.8, 4) is 0 Å². The van der Waals surface area contributed by atoms with Crippen LogP contribution < -0.4 is 5.73 Å². The molecule has 0 spiro atoms. The average molecular weight is 258 g/mol. The van der Waals surface area contributed by atoms with Crippen LogP contribution in [0.3, 0.4) is 0 Å².